The Morgan fingerprint density at radius 2 is 1.90 bits per heavy atom. The van der Waals surface area contributed by atoms with Gasteiger partial charge in [0, 0.05) is 26.1 Å². The Labute approximate surface area is 122 Å². The zero-order valence-corrected chi connectivity index (χ0v) is 12.3. The van der Waals surface area contributed by atoms with E-state index in [9.17, 15) is 9.90 Å². The molecule has 2 heterocycles. The van der Waals surface area contributed by atoms with Crippen LogP contribution in [0, 0.1) is 0 Å². The van der Waals surface area contributed by atoms with E-state index in [2.05, 4.69) is 0 Å². The van der Waals surface area contributed by atoms with E-state index in [4.69, 9.17) is 4.42 Å². The van der Waals surface area contributed by atoms with Gasteiger partial charge in [0.2, 0.25) is 0 Å². The second-order valence-electron chi connectivity index (χ2n) is 5.20. The topological polar surface area (TPSA) is 60.3 Å². The highest BCUT2D eigenvalue weighted by molar-refractivity contribution is 5.77. The minimum absolute atomic E-state index is 0.0748. The molecule has 0 fully saturated rings. The van der Waals surface area contributed by atoms with Crippen LogP contribution in [0.2, 0.25) is 0 Å². The molecule has 0 spiro atoms. The van der Waals surface area contributed by atoms with Gasteiger partial charge in [0.1, 0.15) is 11.9 Å². The lowest BCUT2D eigenvalue weighted by Crippen LogP contribution is -2.19. The average Bonchev–Trinajstić information content (AvgIpc) is 3.06. The van der Waals surface area contributed by atoms with Crippen LogP contribution in [0.5, 0.6) is 0 Å². The van der Waals surface area contributed by atoms with Crippen LogP contribution < -0.4 is 5.69 Å². The second-order valence-corrected chi connectivity index (χ2v) is 5.20. The van der Waals surface area contributed by atoms with E-state index in [1.165, 1.54) is 0 Å². The van der Waals surface area contributed by atoms with Gasteiger partial charge in [-0.2, -0.15) is 0 Å². The third-order valence-corrected chi connectivity index (χ3v) is 4.01. The summed E-state index contributed by atoms with van der Waals surface area (Å²) in [6.07, 6.45) is 1.57. The van der Waals surface area contributed by atoms with E-state index in [0.717, 1.165) is 34.3 Å². The van der Waals surface area contributed by atoms with Crippen molar-refractivity contribution in [3.8, 4) is 0 Å². The van der Waals surface area contributed by atoms with Gasteiger partial charge in [-0.15, -0.1) is 0 Å². The fraction of sp³-hybridized carbons (Fsp3) is 0.312. The number of aryl methyl sites for hydroxylation is 3. The highest BCUT2D eigenvalue weighted by atomic mass is 16.3. The number of hydrogen-bond acceptors (Lipinski definition) is 3. The lowest BCUT2D eigenvalue weighted by molar-refractivity contribution is 0.217. The molecular weight excluding hydrogens is 268 g/mol. The zero-order chi connectivity index (χ0) is 15.1. The van der Waals surface area contributed by atoms with Crippen LogP contribution in [0.15, 0.2) is 39.7 Å². The van der Waals surface area contributed by atoms with Gasteiger partial charge in [-0.05, 0) is 23.8 Å². The molecule has 0 bridgehead atoms. The first-order valence-corrected chi connectivity index (χ1v) is 6.94. The third kappa shape index (κ3) is 2.01. The van der Waals surface area contributed by atoms with Gasteiger partial charge in [0.05, 0.1) is 17.3 Å². The van der Waals surface area contributed by atoms with Crippen LogP contribution in [0.25, 0.3) is 11.0 Å². The molecule has 1 atom stereocenters. The van der Waals surface area contributed by atoms with Crippen LogP contribution in [-0.2, 0) is 20.5 Å². The van der Waals surface area contributed by atoms with Crippen molar-refractivity contribution in [3.63, 3.8) is 0 Å². The van der Waals surface area contributed by atoms with Crippen LogP contribution in [0.4, 0.5) is 0 Å². The number of imidazole rings is 1. The monoisotopic (exact) mass is 286 g/mol. The Kier molecular flexibility index (Phi) is 3.22. The van der Waals surface area contributed by atoms with E-state index >= 15 is 0 Å². The second kappa shape index (κ2) is 4.93. The lowest BCUT2D eigenvalue weighted by Gasteiger charge is -2.11. The van der Waals surface area contributed by atoms with E-state index in [1.807, 2.05) is 25.1 Å². The summed E-state index contributed by atoms with van der Waals surface area (Å²) in [5.74, 6) is 0.782. The minimum atomic E-state index is -0.751. The van der Waals surface area contributed by atoms with Crippen molar-refractivity contribution in [2.45, 2.75) is 19.4 Å². The SMILES string of the molecule is CCc1occc1C(O)c1ccc2c(c1)n(C)c(=O)n2C. The van der Waals surface area contributed by atoms with E-state index < -0.39 is 6.10 Å². The number of nitrogens with zero attached hydrogens (tertiary/aromatic N) is 2. The molecule has 2 aromatic heterocycles. The zero-order valence-electron chi connectivity index (χ0n) is 12.3. The molecule has 5 heteroatoms. The molecule has 0 aliphatic rings. The van der Waals surface area contributed by atoms with Crippen molar-refractivity contribution >= 4 is 11.0 Å². The first-order valence-electron chi connectivity index (χ1n) is 6.94. The quantitative estimate of drug-likeness (QED) is 0.802. The Bertz CT molecular complexity index is 854. The van der Waals surface area contributed by atoms with Crippen LogP contribution in [-0.4, -0.2) is 14.2 Å². The number of aliphatic hydroxyl groups is 1. The number of fused-ring (bicyclic) bond motifs is 1. The largest absolute Gasteiger partial charge is 0.469 e. The highest BCUT2D eigenvalue weighted by Gasteiger charge is 2.18. The maximum absolute atomic E-state index is 11.9. The predicted octanol–water partition coefficient (Wildman–Crippen LogP) is 2.11. The van der Waals surface area contributed by atoms with Gasteiger partial charge in [-0.1, -0.05) is 13.0 Å². The van der Waals surface area contributed by atoms with Gasteiger partial charge in [0.25, 0.3) is 0 Å². The maximum atomic E-state index is 11.9. The molecule has 0 amide bonds. The summed E-state index contributed by atoms with van der Waals surface area (Å²) in [5, 5.41) is 10.6. The maximum Gasteiger partial charge on any atom is 0.328 e. The molecule has 0 saturated carbocycles. The summed E-state index contributed by atoms with van der Waals surface area (Å²) in [6.45, 7) is 1.99. The molecule has 0 aliphatic carbocycles. The van der Waals surface area contributed by atoms with Crippen molar-refractivity contribution in [3.05, 3.63) is 57.9 Å². The Balaban J connectivity index is 2.13. The van der Waals surface area contributed by atoms with Crippen molar-refractivity contribution in [2.75, 3.05) is 0 Å². The summed E-state index contributed by atoms with van der Waals surface area (Å²) in [5.41, 5.74) is 3.11. The Hall–Kier alpha value is -2.27. The fourth-order valence-corrected chi connectivity index (χ4v) is 2.76. The average molecular weight is 286 g/mol. The number of aromatic nitrogens is 2. The number of rotatable bonds is 3. The van der Waals surface area contributed by atoms with Crippen LogP contribution in [0.3, 0.4) is 0 Å². The van der Waals surface area contributed by atoms with Crippen molar-refractivity contribution in [2.24, 2.45) is 14.1 Å². The molecule has 1 aromatic carbocycles. The number of hydrogen-bond donors (Lipinski definition) is 1. The van der Waals surface area contributed by atoms with E-state index in [-0.39, 0.29) is 5.69 Å². The van der Waals surface area contributed by atoms with Crippen molar-refractivity contribution < 1.29 is 9.52 Å². The van der Waals surface area contributed by atoms with Crippen LogP contribution in [0.1, 0.15) is 29.9 Å². The van der Waals surface area contributed by atoms with Gasteiger partial charge in [0.15, 0.2) is 0 Å². The van der Waals surface area contributed by atoms with Crippen molar-refractivity contribution in [1.82, 2.24) is 9.13 Å². The van der Waals surface area contributed by atoms with E-state index in [0.29, 0.717) is 0 Å². The summed E-state index contributed by atoms with van der Waals surface area (Å²) < 4.78 is 8.55. The summed E-state index contributed by atoms with van der Waals surface area (Å²) in [4.78, 5) is 11.9. The molecule has 1 N–H and O–H groups in total. The smallest absolute Gasteiger partial charge is 0.328 e. The molecule has 3 rings (SSSR count). The fourth-order valence-electron chi connectivity index (χ4n) is 2.76. The third-order valence-electron chi connectivity index (χ3n) is 4.01. The molecule has 5 nitrogen and oxygen atoms in total. The molecule has 110 valence electrons. The number of benzene rings is 1. The van der Waals surface area contributed by atoms with Gasteiger partial charge >= 0.3 is 5.69 Å². The molecule has 0 saturated heterocycles. The van der Waals surface area contributed by atoms with Gasteiger partial charge in [-0.25, -0.2) is 4.79 Å². The number of aliphatic hydroxyl groups excluding tert-OH is 1. The molecule has 3 aromatic rings. The van der Waals surface area contributed by atoms with Gasteiger partial charge in [-0.3, -0.25) is 9.13 Å². The summed E-state index contributed by atoms with van der Waals surface area (Å²) in [6, 6.07) is 7.35. The molecular formula is C16H18N2O3. The normalized spacial score (nSPS) is 13.0. The van der Waals surface area contributed by atoms with E-state index in [1.54, 1.807) is 35.6 Å². The highest BCUT2D eigenvalue weighted by Crippen LogP contribution is 2.28. The number of furan rings is 1. The first kappa shape index (κ1) is 13.7. The summed E-state index contributed by atoms with van der Waals surface area (Å²) in [7, 11) is 3.47. The van der Waals surface area contributed by atoms with Crippen molar-refractivity contribution in [1.29, 1.82) is 0 Å². The molecule has 21 heavy (non-hydrogen) atoms. The van der Waals surface area contributed by atoms with Gasteiger partial charge < -0.3 is 9.52 Å². The molecule has 0 radical (unpaired) electrons. The standard InChI is InChI=1S/C16H18N2O3/c1-4-14-11(7-8-21-14)15(19)10-5-6-12-13(9-10)18(3)16(20)17(12)2/h5-9,15,19H,4H2,1-3H3. The Morgan fingerprint density at radius 1 is 1.19 bits per heavy atom. The predicted molar refractivity (Wildman–Crippen MR) is 80.3 cm³/mol. The lowest BCUT2D eigenvalue weighted by atomic mass is 10.0. The summed E-state index contributed by atoms with van der Waals surface area (Å²) >= 11 is 0. The Morgan fingerprint density at radius 3 is 2.62 bits per heavy atom. The first-order chi connectivity index (χ1) is 10.0. The van der Waals surface area contributed by atoms with Crippen LogP contribution >= 0.6 is 0 Å². The molecule has 0 aliphatic heterocycles. The minimum Gasteiger partial charge on any atom is -0.469 e. The molecule has 1 unspecified atom stereocenters.